The van der Waals surface area contributed by atoms with E-state index < -0.39 is 15.8 Å². The molecule has 0 aromatic heterocycles. The molecule has 0 saturated heterocycles. The molecule has 0 aromatic rings. The van der Waals surface area contributed by atoms with Crippen LogP contribution in [0.5, 0.6) is 0 Å². The van der Waals surface area contributed by atoms with E-state index >= 15 is 0 Å². The molecule has 0 unspecified atom stereocenters. The molecule has 0 spiro atoms. The molecule has 71 valence electrons. The van der Waals surface area contributed by atoms with Gasteiger partial charge in [-0.3, -0.25) is 0 Å². The van der Waals surface area contributed by atoms with Gasteiger partial charge in [-0.15, -0.1) is 24.8 Å². The van der Waals surface area contributed by atoms with Crippen molar-refractivity contribution in [2.75, 3.05) is 0 Å². The van der Waals surface area contributed by atoms with Crippen LogP contribution in [-0.2, 0) is 15.8 Å². The average molecular weight is 407 g/mol. The third kappa shape index (κ3) is 4.56. The Bertz CT molecular complexity index is 324. The Labute approximate surface area is 90.9 Å². The molecule has 1 aliphatic rings. The zero-order chi connectivity index (χ0) is 7.85. The zero-order valence-corrected chi connectivity index (χ0v) is 15.7. The minimum atomic E-state index is -2.25. The first-order valence-electron chi connectivity index (χ1n) is 3.67. The number of hydrogen-bond donors (Lipinski definition) is 0. The summed E-state index contributed by atoms with van der Waals surface area (Å²) in [6.45, 7) is 4.59. The number of allylic oxidation sites excluding steroid dienone is 4. The monoisotopic (exact) mass is 407 g/mol. The molecule has 0 heterocycles. The number of hydrogen-bond acceptors (Lipinski definition) is 0. The van der Waals surface area contributed by atoms with Crippen molar-refractivity contribution in [3.8, 4) is 0 Å². The second kappa shape index (κ2) is 4.73. The molecular weight excluding hydrogens is 390 g/mol. The SMILES string of the molecule is Cl.Cl.[CH3][Hf]([CH3])(=[SiH2])(=[SiH2])[C]1=CC=CC1. The van der Waals surface area contributed by atoms with E-state index in [0.717, 1.165) is 0 Å². The van der Waals surface area contributed by atoms with Crippen LogP contribution in [0.15, 0.2) is 21.6 Å². The van der Waals surface area contributed by atoms with Crippen LogP contribution in [0, 0.1) is 0 Å². The third-order valence-corrected chi connectivity index (χ3v) is 18.5. The third-order valence-electron chi connectivity index (χ3n) is 1.87. The summed E-state index contributed by atoms with van der Waals surface area (Å²) in [5.74, 6) is 0. The molecule has 0 N–H and O–H groups in total. The van der Waals surface area contributed by atoms with Crippen LogP contribution >= 0.6 is 24.8 Å². The summed E-state index contributed by atoms with van der Waals surface area (Å²) >= 11 is -2.25. The van der Waals surface area contributed by atoms with Gasteiger partial charge in [0.15, 0.2) is 0 Å². The van der Waals surface area contributed by atoms with E-state index in [1.807, 2.05) is 0 Å². The fourth-order valence-corrected chi connectivity index (χ4v) is 10.7. The van der Waals surface area contributed by atoms with Gasteiger partial charge in [-0.2, -0.15) is 0 Å². The maximum atomic E-state index is 2.52. The van der Waals surface area contributed by atoms with Crippen molar-refractivity contribution in [1.82, 2.24) is 0 Å². The van der Waals surface area contributed by atoms with Crippen molar-refractivity contribution in [3.05, 3.63) is 21.6 Å². The summed E-state index contributed by atoms with van der Waals surface area (Å²) in [4.78, 5) is 0. The van der Waals surface area contributed by atoms with Crippen molar-refractivity contribution in [3.63, 3.8) is 0 Å². The first-order chi connectivity index (χ1) is 4.36. The van der Waals surface area contributed by atoms with Gasteiger partial charge in [0.1, 0.15) is 0 Å². The van der Waals surface area contributed by atoms with Gasteiger partial charge in [0, 0.05) is 0 Å². The van der Waals surface area contributed by atoms with Crippen LogP contribution < -0.4 is 0 Å². The van der Waals surface area contributed by atoms with Gasteiger partial charge in [0.2, 0.25) is 0 Å². The quantitative estimate of drug-likeness (QED) is 0.580. The van der Waals surface area contributed by atoms with Crippen LogP contribution in [0.4, 0.5) is 0 Å². The van der Waals surface area contributed by atoms with Gasteiger partial charge in [0.25, 0.3) is 0 Å². The van der Waals surface area contributed by atoms with Crippen LogP contribution in [0.3, 0.4) is 0 Å². The predicted molar refractivity (Wildman–Crippen MR) is 65.2 cm³/mol. The molecule has 0 fully saturated rings. The summed E-state index contributed by atoms with van der Waals surface area (Å²) in [5.41, 5.74) is 0. The van der Waals surface area contributed by atoms with E-state index in [2.05, 4.69) is 41.5 Å². The molecule has 0 aliphatic heterocycles. The minimum absolute atomic E-state index is 0. The Balaban J connectivity index is 0. The van der Waals surface area contributed by atoms with Crippen molar-refractivity contribution in [2.24, 2.45) is 0 Å². The fraction of sp³-hybridized carbons (Fsp3) is 0.429. The second-order valence-electron chi connectivity index (χ2n) is 4.34. The van der Waals surface area contributed by atoms with Crippen LogP contribution in [0.2, 0.25) is 9.36 Å². The zero-order valence-electron chi connectivity index (χ0n) is 7.67. The fourth-order valence-electron chi connectivity index (χ4n) is 1.08. The van der Waals surface area contributed by atoms with E-state index in [1.165, 1.54) is 6.42 Å². The maximum absolute atomic E-state index is 2.52. The van der Waals surface area contributed by atoms with Crippen molar-refractivity contribution in [2.45, 2.75) is 15.8 Å². The molecule has 0 saturated carbocycles. The Morgan fingerprint density at radius 1 is 1.25 bits per heavy atom. The molecule has 1 aliphatic carbocycles. The Kier molecular flexibility index (Phi) is 6.24. The van der Waals surface area contributed by atoms with Gasteiger partial charge in [0.05, 0.1) is 0 Å². The van der Waals surface area contributed by atoms with E-state index in [-0.39, 0.29) is 24.8 Å². The average Bonchev–Trinajstić information content (AvgIpc) is 2.04. The first kappa shape index (κ1) is 15.8. The molecule has 0 amide bonds. The standard InChI is InChI=1S/C5H5.2CH3.2ClH.Hf.2H2Si/c1-2-4-5-3-1;;;;;;;/h1-3H,4H2;2*1H3;2*1H;;2*1H2. The van der Waals surface area contributed by atoms with Crippen LogP contribution in [0.25, 0.3) is 0 Å². The van der Waals surface area contributed by atoms with Gasteiger partial charge in [-0.05, 0) is 0 Å². The van der Waals surface area contributed by atoms with Gasteiger partial charge in [-0.1, -0.05) is 0 Å². The second-order valence-corrected chi connectivity index (χ2v) is 73.6. The Morgan fingerprint density at radius 3 is 1.92 bits per heavy atom. The molecule has 0 atom stereocenters. The molecule has 0 nitrogen and oxygen atoms in total. The van der Waals surface area contributed by atoms with Crippen molar-refractivity contribution < 1.29 is 15.8 Å². The summed E-state index contributed by atoms with van der Waals surface area (Å²) in [6.07, 6.45) is 8.07. The molecule has 0 aromatic carbocycles. The van der Waals surface area contributed by atoms with E-state index in [0.29, 0.717) is 0 Å². The normalized spacial score (nSPS) is 16.1. The van der Waals surface area contributed by atoms with Crippen LogP contribution in [0.1, 0.15) is 6.42 Å². The number of rotatable bonds is 1. The molecule has 1 rings (SSSR count). The Hall–Kier alpha value is 1.36. The van der Waals surface area contributed by atoms with Gasteiger partial charge >= 0.3 is 67.0 Å². The summed E-state index contributed by atoms with van der Waals surface area (Å²) < 4.78 is 6.81. The molecule has 5 heteroatoms. The summed E-state index contributed by atoms with van der Waals surface area (Å²) in [6, 6.07) is 0. The summed E-state index contributed by atoms with van der Waals surface area (Å²) in [7, 11) is 0. The van der Waals surface area contributed by atoms with Crippen LogP contribution in [-0.4, -0.2) is 13.9 Å². The molecule has 0 bridgehead atoms. The van der Waals surface area contributed by atoms with E-state index in [4.69, 9.17) is 0 Å². The van der Waals surface area contributed by atoms with E-state index in [1.54, 1.807) is 3.33 Å². The van der Waals surface area contributed by atoms with Crippen molar-refractivity contribution >= 4 is 38.7 Å². The first-order valence-corrected chi connectivity index (χ1v) is 29.3. The van der Waals surface area contributed by atoms with Crippen molar-refractivity contribution in [1.29, 1.82) is 0 Å². The Morgan fingerprint density at radius 2 is 1.75 bits per heavy atom. The molecule has 0 radical (unpaired) electrons. The predicted octanol–water partition coefficient (Wildman–Crippen LogP) is 1.56. The van der Waals surface area contributed by atoms with E-state index in [9.17, 15) is 0 Å². The molecule has 12 heavy (non-hydrogen) atoms. The summed E-state index contributed by atoms with van der Waals surface area (Å²) in [5, 5.41) is 0. The molecular formula is C7H17Cl2HfSi2. The topological polar surface area (TPSA) is 0 Å². The van der Waals surface area contributed by atoms with Gasteiger partial charge in [-0.25, -0.2) is 0 Å². The van der Waals surface area contributed by atoms with Gasteiger partial charge < -0.3 is 0 Å². The number of halogens is 2.